The van der Waals surface area contributed by atoms with Crippen LogP contribution in [0.15, 0.2) is 47.5 Å². The highest BCUT2D eigenvalue weighted by atomic mass is 32.2. The Bertz CT molecular complexity index is 1170. The zero-order valence-corrected chi connectivity index (χ0v) is 14.8. The van der Waals surface area contributed by atoms with Gasteiger partial charge >= 0.3 is 6.18 Å². The lowest BCUT2D eigenvalue weighted by Crippen LogP contribution is -2.20. The first-order valence-corrected chi connectivity index (χ1v) is 9.49. The number of sulfonamides is 1. The molecule has 0 radical (unpaired) electrons. The second-order valence-electron chi connectivity index (χ2n) is 5.98. The van der Waals surface area contributed by atoms with Crippen LogP contribution >= 0.6 is 0 Å². The van der Waals surface area contributed by atoms with Gasteiger partial charge in [0.1, 0.15) is 5.75 Å². The fourth-order valence-electron chi connectivity index (χ4n) is 3.10. The maximum absolute atomic E-state index is 13.1. The van der Waals surface area contributed by atoms with Crippen molar-refractivity contribution in [3.63, 3.8) is 0 Å². The monoisotopic (exact) mass is 394 g/mol. The summed E-state index contributed by atoms with van der Waals surface area (Å²) in [5.74, 6) is 0.517. The Morgan fingerprint density at radius 3 is 2.59 bits per heavy atom. The molecular weight excluding hydrogens is 381 g/mol. The van der Waals surface area contributed by atoms with Gasteiger partial charge in [-0.2, -0.15) is 13.2 Å². The van der Waals surface area contributed by atoms with Crippen LogP contribution in [0.25, 0.3) is 22.0 Å². The van der Waals surface area contributed by atoms with E-state index < -0.39 is 21.8 Å². The zero-order chi connectivity index (χ0) is 19.4. The smallest absolute Gasteiger partial charge is 0.416 e. The van der Waals surface area contributed by atoms with Crippen molar-refractivity contribution in [2.45, 2.75) is 18.0 Å². The minimum Gasteiger partial charge on any atom is -0.492 e. The maximum Gasteiger partial charge on any atom is 0.416 e. The number of halogens is 3. The summed E-state index contributed by atoms with van der Waals surface area (Å²) in [5, 5.41) is 0.609. The number of pyridine rings is 1. The lowest BCUT2D eigenvalue weighted by atomic mass is 9.99. The first-order valence-electron chi connectivity index (χ1n) is 8.00. The minimum absolute atomic E-state index is 0.00356. The van der Waals surface area contributed by atoms with E-state index in [0.29, 0.717) is 28.8 Å². The number of anilines is 1. The van der Waals surface area contributed by atoms with Crippen molar-refractivity contribution in [3.05, 3.63) is 48.2 Å². The Kier molecular flexibility index (Phi) is 3.81. The summed E-state index contributed by atoms with van der Waals surface area (Å²) in [6.45, 7) is 2.26. The van der Waals surface area contributed by atoms with E-state index in [1.54, 1.807) is 18.2 Å². The molecule has 27 heavy (non-hydrogen) atoms. The fraction of sp³-hybridized carbons (Fsp3) is 0.167. The molecule has 1 aliphatic heterocycles. The van der Waals surface area contributed by atoms with Gasteiger partial charge in [-0.1, -0.05) is 12.1 Å². The van der Waals surface area contributed by atoms with Crippen LogP contribution in [0.4, 0.5) is 18.9 Å². The fourth-order valence-corrected chi connectivity index (χ4v) is 4.39. The molecule has 1 N–H and O–H groups in total. The van der Waals surface area contributed by atoms with Crippen molar-refractivity contribution in [2.75, 3.05) is 11.3 Å². The van der Waals surface area contributed by atoms with Crippen molar-refractivity contribution in [3.8, 4) is 16.9 Å². The molecule has 0 saturated heterocycles. The Morgan fingerprint density at radius 1 is 1.11 bits per heavy atom. The van der Waals surface area contributed by atoms with Gasteiger partial charge in [-0.25, -0.2) is 8.42 Å². The van der Waals surface area contributed by atoms with Crippen LogP contribution in [0.2, 0.25) is 0 Å². The van der Waals surface area contributed by atoms with Crippen LogP contribution in [0.5, 0.6) is 5.75 Å². The van der Waals surface area contributed by atoms with Gasteiger partial charge in [-0.05, 0) is 31.2 Å². The predicted octanol–water partition coefficient (Wildman–Crippen LogP) is 4.43. The Hall–Kier alpha value is -2.81. The van der Waals surface area contributed by atoms with Crippen LogP contribution < -0.4 is 9.46 Å². The number of benzene rings is 2. The number of ether oxygens (including phenoxy) is 1. The average molecular weight is 394 g/mol. The van der Waals surface area contributed by atoms with E-state index in [1.807, 2.05) is 6.92 Å². The minimum atomic E-state index is -4.58. The highest BCUT2D eigenvalue weighted by Crippen LogP contribution is 2.44. The Balaban J connectivity index is 2.00. The summed E-state index contributed by atoms with van der Waals surface area (Å²) in [4.78, 5) is 4.05. The van der Waals surface area contributed by atoms with Crippen molar-refractivity contribution in [1.82, 2.24) is 4.98 Å². The van der Waals surface area contributed by atoms with E-state index in [9.17, 15) is 21.6 Å². The standard InChI is InChI=1S/C18H13F3N2O3S/c1-2-26-12-7-10-3-5-13-14-8-11(18(19,20)21)4-6-15(14)27(24,25)23-17(13)16(10)22-9-12/h3-9,23H,2H2,1H3. The van der Waals surface area contributed by atoms with Crippen molar-refractivity contribution < 1.29 is 26.3 Å². The third kappa shape index (κ3) is 2.87. The molecule has 1 aromatic heterocycles. The van der Waals surface area contributed by atoms with Gasteiger partial charge in [0, 0.05) is 16.5 Å². The number of nitrogens with one attached hydrogen (secondary N) is 1. The number of alkyl halides is 3. The lowest BCUT2D eigenvalue weighted by molar-refractivity contribution is -0.137. The molecule has 0 spiro atoms. The van der Waals surface area contributed by atoms with Crippen LogP contribution in [-0.4, -0.2) is 20.0 Å². The van der Waals surface area contributed by atoms with Crippen LogP contribution in [0.1, 0.15) is 12.5 Å². The molecule has 5 nitrogen and oxygen atoms in total. The third-order valence-electron chi connectivity index (χ3n) is 4.26. The molecule has 3 aromatic rings. The van der Waals surface area contributed by atoms with Crippen LogP contribution in [0, 0.1) is 0 Å². The largest absolute Gasteiger partial charge is 0.492 e. The van der Waals surface area contributed by atoms with E-state index in [0.717, 1.165) is 18.2 Å². The molecule has 0 amide bonds. The van der Waals surface area contributed by atoms with E-state index in [1.165, 1.54) is 6.20 Å². The molecule has 2 heterocycles. The van der Waals surface area contributed by atoms with Crippen LogP contribution in [0.3, 0.4) is 0 Å². The quantitative estimate of drug-likeness (QED) is 0.698. The van der Waals surface area contributed by atoms with Gasteiger partial charge in [0.2, 0.25) is 0 Å². The summed E-state index contributed by atoms with van der Waals surface area (Å²) in [5.41, 5.74) is -0.0831. The van der Waals surface area contributed by atoms with Crippen molar-refractivity contribution in [2.24, 2.45) is 0 Å². The second-order valence-corrected chi connectivity index (χ2v) is 7.63. The van der Waals surface area contributed by atoms with Gasteiger partial charge in [0.15, 0.2) is 0 Å². The molecule has 0 fully saturated rings. The summed E-state index contributed by atoms with van der Waals surface area (Å²) < 4.78 is 72.3. The summed E-state index contributed by atoms with van der Waals surface area (Å²) >= 11 is 0. The Labute approximate surface area is 152 Å². The number of hydrogen-bond acceptors (Lipinski definition) is 4. The predicted molar refractivity (Wildman–Crippen MR) is 94.2 cm³/mol. The van der Waals surface area contributed by atoms with Crippen molar-refractivity contribution >= 4 is 26.6 Å². The van der Waals surface area contributed by atoms with Gasteiger partial charge in [-0.3, -0.25) is 9.71 Å². The molecule has 9 heteroatoms. The highest BCUT2D eigenvalue weighted by molar-refractivity contribution is 7.93. The number of hydrogen-bond donors (Lipinski definition) is 1. The molecule has 1 aliphatic rings. The molecular formula is C18H13F3N2O3S. The first kappa shape index (κ1) is 17.6. The normalized spacial score (nSPS) is 15.0. The maximum atomic E-state index is 13.1. The topological polar surface area (TPSA) is 68.3 Å². The van der Waals surface area contributed by atoms with E-state index in [4.69, 9.17) is 4.74 Å². The van der Waals surface area contributed by atoms with Gasteiger partial charge in [0.05, 0.1) is 34.5 Å². The summed E-state index contributed by atoms with van der Waals surface area (Å²) in [6, 6.07) is 7.54. The van der Waals surface area contributed by atoms with Gasteiger partial charge in [0.25, 0.3) is 10.0 Å². The zero-order valence-electron chi connectivity index (χ0n) is 14.0. The second kappa shape index (κ2) is 5.85. The first-order chi connectivity index (χ1) is 12.7. The molecule has 0 unspecified atom stereocenters. The molecule has 0 aliphatic carbocycles. The molecule has 4 rings (SSSR count). The molecule has 0 atom stereocenters. The number of nitrogens with zero attached hydrogens (tertiary/aromatic N) is 1. The number of aromatic nitrogens is 1. The summed E-state index contributed by atoms with van der Waals surface area (Å²) in [6.07, 6.45) is -3.13. The van der Waals surface area contributed by atoms with E-state index in [2.05, 4.69) is 9.71 Å². The molecule has 2 aromatic carbocycles. The molecule has 140 valence electrons. The molecule has 0 bridgehead atoms. The van der Waals surface area contributed by atoms with Crippen molar-refractivity contribution in [1.29, 1.82) is 0 Å². The number of rotatable bonds is 2. The molecule has 0 saturated carbocycles. The van der Waals surface area contributed by atoms with Crippen LogP contribution in [-0.2, 0) is 16.2 Å². The van der Waals surface area contributed by atoms with E-state index in [-0.39, 0.29) is 16.1 Å². The van der Waals surface area contributed by atoms with Gasteiger partial charge in [-0.15, -0.1) is 0 Å². The van der Waals surface area contributed by atoms with E-state index >= 15 is 0 Å². The SMILES string of the molecule is CCOc1cnc2c3c(ccc2c1)-c1cc(C(F)(F)F)ccc1S(=O)(=O)N3. The lowest BCUT2D eigenvalue weighted by Gasteiger charge is -2.23. The Morgan fingerprint density at radius 2 is 1.89 bits per heavy atom. The average Bonchev–Trinajstić information content (AvgIpc) is 2.60. The highest BCUT2D eigenvalue weighted by Gasteiger charge is 2.35. The van der Waals surface area contributed by atoms with Gasteiger partial charge < -0.3 is 4.74 Å². The third-order valence-corrected chi connectivity index (χ3v) is 5.67. The number of fused-ring (bicyclic) bond motifs is 5. The summed E-state index contributed by atoms with van der Waals surface area (Å²) in [7, 11) is -4.02.